The molecule has 0 aliphatic rings. The Balaban J connectivity index is 4.47. The third kappa shape index (κ3) is 2.41. The van der Waals surface area contributed by atoms with Gasteiger partial charge in [0.15, 0.2) is 5.54 Å². The Hall–Kier alpha value is -1.32. The molecule has 4 nitrogen and oxygen atoms in total. The van der Waals surface area contributed by atoms with Gasteiger partial charge in [0.25, 0.3) is 0 Å². The van der Waals surface area contributed by atoms with Crippen molar-refractivity contribution in [2.75, 3.05) is 0 Å². The van der Waals surface area contributed by atoms with E-state index in [9.17, 15) is 9.59 Å². The van der Waals surface area contributed by atoms with Gasteiger partial charge in [0.1, 0.15) is 0 Å². The highest BCUT2D eigenvalue weighted by molar-refractivity contribution is 5.87. The van der Waals surface area contributed by atoms with Crippen molar-refractivity contribution in [1.29, 1.82) is 0 Å². The number of carbonyl (C=O) groups excluding carboxylic acids is 1. The molecule has 0 aromatic rings. The van der Waals surface area contributed by atoms with Crippen molar-refractivity contribution in [3.05, 3.63) is 12.7 Å². The van der Waals surface area contributed by atoms with Gasteiger partial charge < -0.3 is 10.4 Å². The highest BCUT2D eigenvalue weighted by atomic mass is 16.4. The smallest absolute Gasteiger partial charge is 0.333 e. The van der Waals surface area contributed by atoms with Crippen LogP contribution in [0.25, 0.3) is 0 Å². The zero-order chi connectivity index (χ0) is 9.07. The number of carbonyl (C=O) groups is 2. The van der Waals surface area contributed by atoms with E-state index in [1.54, 1.807) is 0 Å². The molecule has 1 atom stereocenters. The molecule has 0 saturated heterocycles. The Kier molecular flexibility index (Phi) is 2.80. The Morgan fingerprint density at radius 1 is 1.64 bits per heavy atom. The van der Waals surface area contributed by atoms with E-state index in [-0.39, 0.29) is 0 Å². The summed E-state index contributed by atoms with van der Waals surface area (Å²) < 4.78 is 0. The molecule has 0 saturated carbocycles. The molecule has 62 valence electrons. The van der Waals surface area contributed by atoms with Crippen LogP contribution in [0.4, 0.5) is 0 Å². The minimum Gasteiger partial charge on any atom is -0.479 e. The summed E-state index contributed by atoms with van der Waals surface area (Å²) in [4.78, 5) is 21.0. The number of amides is 1. The molecule has 0 radical (unpaired) electrons. The Morgan fingerprint density at radius 2 is 2.09 bits per heavy atom. The van der Waals surface area contributed by atoms with Gasteiger partial charge in [0.05, 0.1) is 0 Å². The minimum atomic E-state index is -1.36. The van der Waals surface area contributed by atoms with E-state index in [4.69, 9.17) is 5.11 Å². The highest BCUT2D eigenvalue weighted by Crippen LogP contribution is 2.04. The summed E-state index contributed by atoms with van der Waals surface area (Å²) in [6, 6.07) is 0. The standard InChI is InChI=1S/C7H11NO3/c1-4-7(3,6(10)11)8-5(2)9/h4H,1H2,2-3H3,(H,8,9)(H,10,11)/t7-/m1/s1. The molecular formula is C7H11NO3. The third-order valence-corrected chi connectivity index (χ3v) is 1.29. The number of carboxylic acid groups (broad SMARTS) is 1. The summed E-state index contributed by atoms with van der Waals surface area (Å²) >= 11 is 0. The molecular weight excluding hydrogens is 146 g/mol. The van der Waals surface area contributed by atoms with Crippen LogP contribution in [0, 0.1) is 0 Å². The first-order chi connectivity index (χ1) is 4.92. The molecule has 0 bridgehead atoms. The lowest BCUT2D eigenvalue weighted by Crippen LogP contribution is -2.49. The van der Waals surface area contributed by atoms with E-state index < -0.39 is 17.4 Å². The molecule has 2 N–H and O–H groups in total. The average molecular weight is 157 g/mol. The Morgan fingerprint density at radius 3 is 2.18 bits per heavy atom. The van der Waals surface area contributed by atoms with Crippen molar-refractivity contribution in [3.8, 4) is 0 Å². The molecule has 0 aromatic carbocycles. The topological polar surface area (TPSA) is 66.4 Å². The first-order valence-electron chi connectivity index (χ1n) is 3.08. The van der Waals surface area contributed by atoms with Crippen molar-refractivity contribution in [2.24, 2.45) is 0 Å². The van der Waals surface area contributed by atoms with Crippen LogP contribution in [-0.4, -0.2) is 22.5 Å². The van der Waals surface area contributed by atoms with Crippen LogP contribution in [-0.2, 0) is 9.59 Å². The molecule has 1 amide bonds. The van der Waals surface area contributed by atoms with Crippen LogP contribution in [0.1, 0.15) is 13.8 Å². The van der Waals surface area contributed by atoms with Crippen LogP contribution in [0.5, 0.6) is 0 Å². The second kappa shape index (κ2) is 3.18. The molecule has 0 aliphatic carbocycles. The van der Waals surface area contributed by atoms with Gasteiger partial charge >= 0.3 is 5.97 Å². The first kappa shape index (κ1) is 9.68. The lowest BCUT2D eigenvalue weighted by atomic mass is 10.0. The number of hydrogen-bond acceptors (Lipinski definition) is 2. The van der Waals surface area contributed by atoms with Crippen LogP contribution in [0.3, 0.4) is 0 Å². The third-order valence-electron chi connectivity index (χ3n) is 1.29. The molecule has 0 heterocycles. The van der Waals surface area contributed by atoms with Gasteiger partial charge in [-0.05, 0) is 6.92 Å². The predicted molar refractivity (Wildman–Crippen MR) is 40.1 cm³/mol. The van der Waals surface area contributed by atoms with Crippen LogP contribution >= 0.6 is 0 Å². The summed E-state index contributed by atoms with van der Waals surface area (Å²) in [5, 5.41) is 10.8. The number of aliphatic carboxylic acids is 1. The summed E-state index contributed by atoms with van der Waals surface area (Å²) in [5.41, 5.74) is -1.36. The van der Waals surface area contributed by atoms with Crippen LogP contribution in [0.15, 0.2) is 12.7 Å². The minimum absolute atomic E-state index is 0.394. The van der Waals surface area contributed by atoms with Crippen molar-refractivity contribution < 1.29 is 14.7 Å². The summed E-state index contributed by atoms with van der Waals surface area (Å²) in [6.45, 7) is 5.93. The van der Waals surface area contributed by atoms with Crippen LogP contribution < -0.4 is 5.32 Å². The van der Waals surface area contributed by atoms with Gasteiger partial charge in [-0.2, -0.15) is 0 Å². The first-order valence-corrected chi connectivity index (χ1v) is 3.08. The van der Waals surface area contributed by atoms with Gasteiger partial charge in [-0.15, -0.1) is 6.58 Å². The predicted octanol–water partition coefficient (Wildman–Crippen LogP) is 0.152. The molecule has 0 spiro atoms. The monoisotopic (exact) mass is 157 g/mol. The number of rotatable bonds is 3. The van der Waals surface area contributed by atoms with E-state index in [1.165, 1.54) is 19.9 Å². The fourth-order valence-corrected chi connectivity index (χ4v) is 0.557. The van der Waals surface area contributed by atoms with Crippen molar-refractivity contribution in [1.82, 2.24) is 5.32 Å². The van der Waals surface area contributed by atoms with E-state index in [1.807, 2.05) is 0 Å². The normalized spacial score (nSPS) is 14.7. The van der Waals surface area contributed by atoms with Gasteiger partial charge in [0, 0.05) is 6.92 Å². The van der Waals surface area contributed by atoms with Gasteiger partial charge in [-0.3, -0.25) is 4.79 Å². The molecule has 11 heavy (non-hydrogen) atoms. The number of nitrogens with one attached hydrogen (secondary N) is 1. The number of hydrogen-bond donors (Lipinski definition) is 2. The van der Waals surface area contributed by atoms with Crippen molar-refractivity contribution in [2.45, 2.75) is 19.4 Å². The molecule has 4 heteroatoms. The van der Waals surface area contributed by atoms with Crippen molar-refractivity contribution in [3.63, 3.8) is 0 Å². The number of carboxylic acids is 1. The van der Waals surface area contributed by atoms with Gasteiger partial charge in [0.2, 0.25) is 5.91 Å². The molecule has 0 rings (SSSR count). The van der Waals surface area contributed by atoms with Gasteiger partial charge in [-0.25, -0.2) is 4.79 Å². The molecule has 0 aliphatic heterocycles. The quantitative estimate of drug-likeness (QED) is 0.573. The highest BCUT2D eigenvalue weighted by Gasteiger charge is 2.29. The zero-order valence-corrected chi connectivity index (χ0v) is 6.55. The second-order valence-electron chi connectivity index (χ2n) is 2.39. The molecule has 0 aromatic heterocycles. The average Bonchev–Trinajstić information content (AvgIpc) is 1.86. The maximum Gasteiger partial charge on any atom is 0.333 e. The fraction of sp³-hybridized carbons (Fsp3) is 0.429. The van der Waals surface area contributed by atoms with Crippen molar-refractivity contribution >= 4 is 11.9 Å². The van der Waals surface area contributed by atoms with Gasteiger partial charge in [-0.1, -0.05) is 6.08 Å². The lowest BCUT2D eigenvalue weighted by molar-refractivity contribution is -0.144. The maximum absolute atomic E-state index is 10.5. The SMILES string of the molecule is C=C[C@@](C)(NC(C)=O)C(=O)O. The maximum atomic E-state index is 10.5. The summed E-state index contributed by atoms with van der Waals surface area (Å²) in [7, 11) is 0. The molecule has 0 fully saturated rings. The van der Waals surface area contributed by atoms with E-state index in [2.05, 4.69) is 11.9 Å². The van der Waals surface area contributed by atoms with E-state index in [0.29, 0.717) is 0 Å². The Labute approximate surface area is 64.9 Å². The lowest BCUT2D eigenvalue weighted by Gasteiger charge is -2.20. The van der Waals surface area contributed by atoms with E-state index in [0.717, 1.165) is 0 Å². The summed E-state index contributed by atoms with van der Waals surface area (Å²) in [6.07, 6.45) is 1.18. The van der Waals surface area contributed by atoms with Crippen LogP contribution in [0.2, 0.25) is 0 Å². The second-order valence-corrected chi connectivity index (χ2v) is 2.39. The largest absolute Gasteiger partial charge is 0.479 e. The summed E-state index contributed by atoms with van der Waals surface area (Å²) in [5.74, 6) is -1.52. The Bertz CT molecular complexity index is 200. The van der Waals surface area contributed by atoms with E-state index >= 15 is 0 Å². The molecule has 0 unspecified atom stereocenters. The zero-order valence-electron chi connectivity index (χ0n) is 6.55. The fourth-order valence-electron chi connectivity index (χ4n) is 0.557.